The lowest BCUT2D eigenvalue weighted by Gasteiger charge is -2.43. The molecule has 7 heteroatoms. The summed E-state index contributed by atoms with van der Waals surface area (Å²) in [5.41, 5.74) is 0.414. The topological polar surface area (TPSA) is 62.7 Å². The first-order chi connectivity index (χ1) is 13.9. The third kappa shape index (κ3) is 3.40. The number of methoxy groups -OCH3 is 1. The van der Waals surface area contributed by atoms with E-state index in [1.165, 1.54) is 7.11 Å². The number of aromatic nitrogens is 1. The number of hydrogen-bond donors (Lipinski definition) is 1. The molecule has 0 radical (unpaired) electrons. The zero-order valence-electron chi connectivity index (χ0n) is 15.5. The molecule has 0 saturated heterocycles. The summed E-state index contributed by atoms with van der Waals surface area (Å²) >= 11 is 12.3. The molecule has 148 valence electrons. The summed E-state index contributed by atoms with van der Waals surface area (Å²) in [6, 6.07) is 17.5. The quantitative estimate of drug-likeness (QED) is 0.676. The minimum absolute atomic E-state index is 0.255. The fraction of sp³-hybridized carbons (Fsp3) is 0.182. The molecule has 1 amide bonds. The molecule has 1 aliphatic heterocycles. The van der Waals surface area contributed by atoms with E-state index in [0.29, 0.717) is 27.0 Å². The van der Waals surface area contributed by atoms with Gasteiger partial charge in [0.05, 0.1) is 17.9 Å². The molecule has 0 fully saturated rings. The molecule has 0 saturated carbocycles. The van der Waals surface area contributed by atoms with Gasteiger partial charge in [0.25, 0.3) is 5.91 Å². The highest BCUT2D eigenvalue weighted by Gasteiger charge is 2.53. The van der Waals surface area contributed by atoms with Crippen LogP contribution < -0.4 is 4.90 Å². The van der Waals surface area contributed by atoms with E-state index in [9.17, 15) is 9.90 Å². The Kier molecular flexibility index (Phi) is 5.32. The molecular weight excluding hydrogens is 411 g/mol. The van der Waals surface area contributed by atoms with Crippen LogP contribution >= 0.6 is 23.2 Å². The maximum atomic E-state index is 13.4. The van der Waals surface area contributed by atoms with E-state index in [-0.39, 0.29) is 6.54 Å². The van der Waals surface area contributed by atoms with Crippen LogP contribution in [0.4, 0.5) is 5.69 Å². The molecule has 0 spiro atoms. The molecule has 4 rings (SSSR count). The lowest BCUT2D eigenvalue weighted by atomic mass is 9.79. The Hall–Kier alpha value is -2.44. The Bertz CT molecular complexity index is 1060. The number of ether oxygens (including phenoxy) is 1. The van der Waals surface area contributed by atoms with Gasteiger partial charge in [0.2, 0.25) is 0 Å². The number of aliphatic hydroxyl groups is 1. The van der Waals surface area contributed by atoms with Crippen LogP contribution in [0, 0.1) is 0 Å². The number of fused-ring (bicyclic) bond motifs is 1. The van der Waals surface area contributed by atoms with Crippen LogP contribution in [0.15, 0.2) is 66.9 Å². The fourth-order valence-electron chi connectivity index (χ4n) is 3.74. The van der Waals surface area contributed by atoms with Gasteiger partial charge in [0, 0.05) is 28.9 Å². The summed E-state index contributed by atoms with van der Waals surface area (Å²) in [6.07, 6.45) is 0.392. The Morgan fingerprint density at radius 2 is 1.90 bits per heavy atom. The van der Waals surface area contributed by atoms with Crippen LogP contribution in [0.2, 0.25) is 10.0 Å². The number of pyridine rings is 1. The first-order valence-electron chi connectivity index (χ1n) is 8.97. The maximum Gasteiger partial charge on any atom is 0.260 e. The summed E-state index contributed by atoms with van der Waals surface area (Å²) in [6.45, 7) is 0.255. The second-order valence-corrected chi connectivity index (χ2v) is 7.69. The molecular formula is C22H18Cl2N2O3. The molecule has 1 aliphatic rings. The highest BCUT2D eigenvalue weighted by Crippen LogP contribution is 2.45. The predicted octanol–water partition coefficient (Wildman–Crippen LogP) is 4.19. The van der Waals surface area contributed by atoms with Gasteiger partial charge in [0.15, 0.2) is 11.7 Å². The highest BCUT2D eigenvalue weighted by atomic mass is 35.5. The summed E-state index contributed by atoms with van der Waals surface area (Å²) in [4.78, 5) is 19.3. The van der Waals surface area contributed by atoms with Gasteiger partial charge in [-0.1, -0.05) is 47.5 Å². The maximum absolute atomic E-state index is 13.4. The number of amides is 1. The number of carbonyl (C=O) groups excluding carboxylic acids is 1. The zero-order chi connectivity index (χ0) is 20.6. The Morgan fingerprint density at radius 1 is 1.10 bits per heavy atom. The van der Waals surface area contributed by atoms with Crippen LogP contribution in [-0.4, -0.2) is 29.2 Å². The minimum atomic E-state index is -1.75. The van der Waals surface area contributed by atoms with Crippen molar-refractivity contribution in [1.82, 2.24) is 4.98 Å². The number of halogens is 2. The fourth-order valence-corrected chi connectivity index (χ4v) is 4.12. The van der Waals surface area contributed by atoms with Gasteiger partial charge in [-0.3, -0.25) is 9.78 Å². The summed E-state index contributed by atoms with van der Waals surface area (Å²) < 4.78 is 5.51. The van der Waals surface area contributed by atoms with Crippen molar-refractivity contribution in [3.8, 4) is 0 Å². The van der Waals surface area contributed by atoms with Crippen molar-refractivity contribution in [2.24, 2.45) is 0 Å². The van der Waals surface area contributed by atoms with Crippen molar-refractivity contribution >= 4 is 34.8 Å². The Labute approximate surface area is 178 Å². The van der Waals surface area contributed by atoms with Crippen molar-refractivity contribution in [2.75, 3.05) is 12.0 Å². The zero-order valence-corrected chi connectivity index (χ0v) is 17.1. The average Bonchev–Trinajstić information content (AvgIpc) is 2.72. The standard InChI is InChI=1S/C22H18Cl2N2O3/c1-29-20-21(27)26(13-14-5-4-6-15(23)11-14)18-12-16(24)8-9-17(18)22(20,28)19-7-2-3-10-25-19/h2-12,20,28H,13H2,1H3. The summed E-state index contributed by atoms with van der Waals surface area (Å²) in [5, 5.41) is 12.8. The van der Waals surface area contributed by atoms with Crippen LogP contribution in [0.5, 0.6) is 0 Å². The van der Waals surface area contributed by atoms with E-state index in [4.69, 9.17) is 27.9 Å². The third-order valence-corrected chi connectivity index (χ3v) is 5.52. The second kappa shape index (κ2) is 7.76. The number of carbonyl (C=O) groups is 1. The van der Waals surface area contributed by atoms with E-state index in [2.05, 4.69) is 4.98 Å². The Balaban J connectivity index is 1.90. The van der Waals surface area contributed by atoms with E-state index in [1.54, 1.807) is 59.6 Å². The first-order valence-corrected chi connectivity index (χ1v) is 9.73. The van der Waals surface area contributed by atoms with Crippen molar-refractivity contribution < 1.29 is 14.6 Å². The van der Waals surface area contributed by atoms with E-state index < -0.39 is 17.6 Å². The minimum Gasteiger partial charge on any atom is -0.375 e. The molecule has 0 bridgehead atoms. The summed E-state index contributed by atoms with van der Waals surface area (Å²) in [5.74, 6) is -0.393. The highest BCUT2D eigenvalue weighted by molar-refractivity contribution is 6.31. The molecule has 2 unspecified atom stereocenters. The van der Waals surface area contributed by atoms with E-state index in [1.807, 2.05) is 12.1 Å². The van der Waals surface area contributed by atoms with Gasteiger partial charge in [0.1, 0.15) is 0 Å². The SMILES string of the molecule is COC1C(=O)N(Cc2cccc(Cl)c2)c2cc(Cl)ccc2C1(O)c1ccccn1. The molecule has 0 aliphatic carbocycles. The van der Waals surface area contributed by atoms with Crippen LogP contribution in [-0.2, 0) is 21.7 Å². The predicted molar refractivity (Wildman–Crippen MR) is 112 cm³/mol. The normalized spacial score (nSPS) is 21.2. The molecule has 1 N–H and O–H groups in total. The van der Waals surface area contributed by atoms with Crippen molar-refractivity contribution in [2.45, 2.75) is 18.2 Å². The third-order valence-electron chi connectivity index (χ3n) is 5.05. The largest absolute Gasteiger partial charge is 0.375 e. The van der Waals surface area contributed by atoms with Crippen molar-refractivity contribution in [1.29, 1.82) is 0 Å². The van der Waals surface area contributed by atoms with Crippen molar-refractivity contribution in [3.63, 3.8) is 0 Å². The van der Waals surface area contributed by atoms with E-state index in [0.717, 1.165) is 5.56 Å². The lowest BCUT2D eigenvalue weighted by molar-refractivity contribution is -0.146. The number of nitrogens with zero attached hydrogens (tertiary/aromatic N) is 2. The summed E-state index contributed by atoms with van der Waals surface area (Å²) in [7, 11) is 1.40. The number of benzene rings is 2. The van der Waals surface area contributed by atoms with Gasteiger partial charge >= 0.3 is 0 Å². The Morgan fingerprint density at radius 3 is 2.59 bits per heavy atom. The van der Waals surface area contributed by atoms with Gasteiger partial charge in [-0.15, -0.1) is 0 Å². The van der Waals surface area contributed by atoms with Crippen LogP contribution in [0.3, 0.4) is 0 Å². The van der Waals surface area contributed by atoms with Gasteiger partial charge in [-0.25, -0.2) is 0 Å². The van der Waals surface area contributed by atoms with Crippen LogP contribution in [0.1, 0.15) is 16.8 Å². The molecule has 2 aromatic carbocycles. The van der Waals surface area contributed by atoms with E-state index >= 15 is 0 Å². The molecule has 1 aromatic heterocycles. The van der Waals surface area contributed by atoms with Gasteiger partial charge in [-0.2, -0.15) is 0 Å². The average molecular weight is 429 g/mol. The molecule has 2 heterocycles. The number of anilines is 1. The van der Waals surface area contributed by atoms with Crippen LogP contribution in [0.25, 0.3) is 0 Å². The van der Waals surface area contributed by atoms with Crippen molar-refractivity contribution in [3.05, 3.63) is 93.7 Å². The molecule has 5 nitrogen and oxygen atoms in total. The number of hydrogen-bond acceptors (Lipinski definition) is 4. The number of rotatable bonds is 4. The smallest absolute Gasteiger partial charge is 0.260 e. The van der Waals surface area contributed by atoms with Gasteiger partial charge < -0.3 is 14.7 Å². The monoisotopic (exact) mass is 428 g/mol. The lowest BCUT2D eigenvalue weighted by Crippen LogP contribution is -2.57. The molecule has 2 atom stereocenters. The first kappa shape index (κ1) is 19.9. The van der Waals surface area contributed by atoms with Gasteiger partial charge in [-0.05, 0) is 42.0 Å². The second-order valence-electron chi connectivity index (χ2n) is 6.81. The molecule has 29 heavy (non-hydrogen) atoms. The molecule has 3 aromatic rings.